The Morgan fingerprint density at radius 2 is 1.39 bits per heavy atom. The number of rotatable bonds is 6. The summed E-state index contributed by atoms with van der Waals surface area (Å²) in [5.74, 6) is -1.17. The molecule has 0 amide bonds. The predicted octanol–water partition coefficient (Wildman–Crippen LogP) is 16.2. The van der Waals surface area contributed by atoms with Gasteiger partial charge in [-0.15, -0.1) is 54.1 Å². The van der Waals surface area contributed by atoms with Gasteiger partial charge in [-0.1, -0.05) is 138 Å². The molecule has 0 N–H and O–H groups in total. The number of imidazole rings is 1. The minimum Gasteiger partial charge on any atom is -0.501 e. The number of fused-ring (bicyclic) bond motifs is 7. The summed E-state index contributed by atoms with van der Waals surface area (Å²) in [5.41, 5.74) is 8.54. The standard InChI is InChI=1S/C46H37N2O.C14H15N2.Ir/c1-27(2)37-24-33(30-14-7-6-8-15-30)25-38(28(3)4)44(37)48-43-29(5)13-11-20-41(43)47-46(48)36-19-12-18-35-40-23-32-22-21-31-16-9-10-17-34(31)39(32)26-42(40)49-45(35)36;1-14(2,3)12-9-10-15-13(16-12)11-7-5-4-6-8-11;/h6-18,20-28H,1-5H3;4-7,9-10H,1-3H3;/q2*-1;/i5D3,27D,28D;;. The molecule has 1 radical (unpaired) electrons. The summed E-state index contributed by atoms with van der Waals surface area (Å²) in [4.78, 5) is 14.0. The second kappa shape index (κ2) is 17.9. The van der Waals surface area contributed by atoms with E-state index in [0.29, 0.717) is 50.4 Å². The normalized spacial score (nSPS) is 13.4. The number of furan rings is 1. The van der Waals surface area contributed by atoms with Crippen molar-refractivity contribution in [1.82, 2.24) is 19.5 Å². The Labute approximate surface area is 408 Å². The average Bonchev–Trinajstić information content (AvgIpc) is 3.91. The van der Waals surface area contributed by atoms with Crippen LogP contribution in [-0.4, -0.2) is 19.5 Å². The van der Waals surface area contributed by atoms with Gasteiger partial charge in [-0.3, -0.25) is 15.0 Å². The van der Waals surface area contributed by atoms with Crippen molar-refractivity contribution in [3.05, 3.63) is 192 Å². The first-order valence-corrected chi connectivity index (χ1v) is 22.0. The average molecular weight is 1040 g/mol. The van der Waals surface area contributed by atoms with Gasteiger partial charge in [0, 0.05) is 55.3 Å². The number of aromatic nitrogens is 4. The van der Waals surface area contributed by atoms with Gasteiger partial charge in [0.2, 0.25) is 0 Å². The maximum Gasteiger partial charge on any atom is 0.121 e. The Morgan fingerprint density at radius 3 is 2.12 bits per heavy atom. The number of para-hydroxylation sites is 1. The first kappa shape index (κ1) is 38.5. The molecule has 11 rings (SSSR count). The Morgan fingerprint density at radius 1 is 0.652 bits per heavy atom. The molecule has 0 atom stereocenters. The summed E-state index contributed by atoms with van der Waals surface area (Å²) < 4.78 is 53.7. The minimum atomic E-state index is -2.48. The van der Waals surface area contributed by atoms with Gasteiger partial charge < -0.3 is 8.98 Å². The van der Waals surface area contributed by atoms with E-state index in [1.165, 1.54) is 0 Å². The van der Waals surface area contributed by atoms with Crippen LogP contribution in [0.1, 0.15) is 89.5 Å². The zero-order valence-corrected chi connectivity index (χ0v) is 40.4. The van der Waals surface area contributed by atoms with E-state index >= 15 is 0 Å². The van der Waals surface area contributed by atoms with Crippen molar-refractivity contribution < 1.29 is 31.4 Å². The Balaban J connectivity index is 0.000000313. The molecule has 66 heavy (non-hydrogen) atoms. The van der Waals surface area contributed by atoms with Crippen molar-refractivity contribution >= 4 is 54.5 Å². The molecule has 0 bridgehead atoms. The van der Waals surface area contributed by atoms with Gasteiger partial charge >= 0.3 is 0 Å². The fourth-order valence-corrected chi connectivity index (χ4v) is 8.79. The molecule has 5 nitrogen and oxygen atoms in total. The number of hydrogen-bond acceptors (Lipinski definition) is 4. The molecule has 11 aromatic rings. The van der Waals surface area contributed by atoms with Gasteiger partial charge in [0.15, 0.2) is 0 Å². The van der Waals surface area contributed by atoms with E-state index in [2.05, 4.69) is 79.3 Å². The Bertz CT molecular complexity index is 3730. The predicted molar refractivity (Wildman–Crippen MR) is 271 cm³/mol. The Kier molecular flexibility index (Phi) is 10.5. The molecule has 0 aliphatic heterocycles. The topological polar surface area (TPSA) is 56.7 Å². The van der Waals surface area contributed by atoms with Crippen molar-refractivity contribution in [2.24, 2.45) is 0 Å². The molecular weight excluding hydrogens is 985 g/mol. The van der Waals surface area contributed by atoms with Crippen molar-refractivity contribution in [3.8, 4) is 39.6 Å². The smallest absolute Gasteiger partial charge is 0.121 e. The third kappa shape index (κ3) is 8.14. The molecule has 0 spiro atoms. The molecule has 0 saturated carbocycles. The molecule has 3 heterocycles. The van der Waals surface area contributed by atoms with Crippen LogP contribution < -0.4 is 0 Å². The molecule has 0 aliphatic carbocycles. The second-order valence-corrected chi connectivity index (χ2v) is 18.1. The van der Waals surface area contributed by atoms with Crippen molar-refractivity contribution in [2.75, 3.05) is 0 Å². The summed E-state index contributed by atoms with van der Waals surface area (Å²) in [5, 5.41) is 6.29. The van der Waals surface area contributed by atoms with Gasteiger partial charge in [-0.25, -0.2) is 0 Å². The van der Waals surface area contributed by atoms with E-state index in [4.69, 9.17) is 13.5 Å². The molecule has 0 aliphatic rings. The number of hydrogen-bond donors (Lipinski definition) is 0. The first-order valence-electron chi connectivity index (χ1n) is 24.5. The van der Waals surface area contributed by atoms with E-state index in [1.807, 2.05) is 142 Å². The van der Waals surface area contributed by atoms with Crippen molar-refractivity contribution in [1.29, 1.82) is 0 Å². The van der Waals surface area contributed by atoms with Crippen LogP contribution in [0.4, 0.5) is 0 Å². The molecular formula is C60H52IrN4O-2. The van der Waals surface area contributed by atoms with Crippen LogP contribution in [-0.2, 0) is 25.5 Å². The van der Waals surface area contributed by atoms with Crippen LogP contribution in [0, 0.1) is 19.0 Å². The van der Waals surface area contributed by atoms with Gasteiger partial charge in [-0.2, -0.15) is 0 Å². The van der Waals surface area contributed by atoms with E-state index in [-0.39, 0.29) is 31.1 Å². The van der Waals surface area contributed by atoms with Gasteiger partial charge in [0.25, 0.3) is 0 Å². The number of benzene rings is 8. The van der Waals surface area contributed by atoms with Crippen molar-refractivity contribution in [3.63, 3.8) is 0 Å². The number of aryl methyl sites for hydroxylation is 1. The van der Waals surface area contributed by atoms with E-state index < -0.39 is 18.6 Å². The molecule has 8 aromatic carbocycles. The zero-order valence-electron chi connectivity index (χ0n) is 43.0. The van der Waals surface area contributed by atoms with Crippen molar-refractivity contribution in [2.45, 2.75) is 72.5 Å². The minimum absolute atomic E-state index is 0. The molecule has 3 aromatic heterocycles. The summed E-state index contributed by atoms with van der Waals surface area (Å²) in [6.45, 7) is 11.3. The summed E-state index contributed by atoms with van der Waals surface area (Å²) in [6.07, 6.45) is 1.81. The van der Waals surface area contributed by atoms with E-state index in [1.54, 1.807) is 12.1 Å². The molecule has 6 heteroatoms. The third-order valence-electron chi connectivity index (χ3n) is 12.1. The second-order valence-electron chi connectivity index (χ2n) is 18.1. The van der Waals surface area contributed by atoms with E-state index in [0.717, 1.165) is 60.5 Å². The van der Waals surface area contributed by atoms with Crippen LogP contribution >= 0.6 is 0 Å². The first-order chi connectivity index (χ1) is 33.3. The zero-order chi connectivity index (χ0) is 49.3. The van der Waals surface area contributed by atoms with Crippen LogP contribution in [0.5, 0.6) is 0 Å². The summed E-state index contributed by atoms with van der Waals surface area (Å²) in [7, 11) is 0. The monoisotopic (exact) mass is 1040 g/mol. The maximum absolute atomic E-state index is 9.54. The van der Waals surface area contributed by atoms with Crippen LogP contribution in [0.15, 0.2) is 162 Å². The van der Waals surface area contributed by atoms with E-state index in [9.17, 15) is 2.74 Å². The summed E-state index contributed by atoms with van der Waals surface area (Å²) >= 11 is 0. The van der Waals surface area contributed by atoms with Crippen LogP contribution in [0.3, 0.4) is 0 Å². The fourth-order valence-electron chi connectivity index (χ4n) is 8.79. The third-order valence-corrected chi connectivity index (χ3v) is 12.1. The molecule has 0 saturated heterocycles. The van der Waals surface area contributed by atoms with Gasteiger partial charge in [-0.05, 0) is 104 Å². The van der Waals surface area contributed by atoms with Crippen LogP contribution in [0.2, 0.25) is 0 Å². The molecule has 329 valence electrons. The van der Waals surface area contributed by atoms with Gasteiger partial charge in [0.05, 0.1) is 28.3 Å². The summed E-state index contributed by atoms with van der Waals surface area (Å²) in [6, 6.07) is 56.1. The quantitative estimate of drug-likeness (QED) is 0.123. The van der Waals surface area contributed by atoms with Gasteiger partial charge in [0.1, 0.15) is 5.58 Å². The maximum atomic E-state index is 9.54. The van der Waals surface area contributed by atoms with Crippen LogP contribution in [0.25, 0.3) is 94.1 Å². The molecule has 0 fully saturated rings. The largest absolute Gasteiger partial charge is 0.501 e. The Hall–Kier alpha value is -6.72. The molecule has 0 unspecified atom stereocenters. The fraction of sp³-hybridized carbons (Fsp3) is 0.183. The SMILES string of the molecule is CC(C)(C)c1ccnc(-c2[c-]cccc2)n1.[2H]C([2H])([2H])c1cccc2nc(-c3[c-]ccc4c3oc3cc5c(ccc6ccccc65)cc34)n(-c3c(C([2H])(C)C)cc(-c4ccccc4)cc3C([2H])(C)C)c12.[Ir]. The number of nitrogens with zero attached hydrogens (tertiary/aromatic N) is 4.